The molecule has 0 saturated carbocycles. The molecular formula is C14H14BrNO. The SMILES string of the molecule is O=C1/C(=C\c2cccc(Br)c2)N2CCC1CC2. The number of allylic oxidation sites excluding steroid dienone is 1. The van der Waals surface area contributed by atoms with Crippen LogP contribution in [0.3, 0.4) is 0 Å². The second-order valence-corrected chi connectivity index (χ2v) is 5.63. The highest BCUT2D eigenvalue weighted by Crippen LogP contribution is 2.32. The van der Waals surface area contributed by atoms with Crippen molar-refractivity contribution in [1.29, 1.82) is 0 Å². The molecular weight excluding hydrogens is 278 g/mol. The standard InChI is InChI=1S/C14H14BrNO/c15-12-3-1-2-10(8-12)9-13-14(17)11-4-6-16(13)7-5-11/h1-3,8-9,11H,4-7H2/b13-9+. The maximum absolute atomic E-state index is 12.2. The van der Waals surface area contributed by atoms with Crippen LogP contribution in [0.1, 0.15) is 18.4 Å². The highest BCUT2D eigenvalue weighted by Gasteiger charge is 2.36. The third kappa shape index (κ3) is 2.04. The number of ketones is 1. The Labute approximate surface area is 109 Å². The molecule has 1 aromatic rings. The Morgan fingerprint density at radius 1 is 1.29 bits per heavy atom. The Kier molecular flexibility index (Phi) is 2.79. The zero-order chi connectivity index (χ0) is 11.8. The summed E-state index contributed by atoms with van der Waals surface area (Å²) in [6, 6.07) is 8.08. The van der Waals surface area contributed by atoms with Gasteiger partial charge in [-0.05, 0) is 36.6 Å². The molecule has 0 unspecified atom stereocenters. The van der Waals surface area contributed by atoms with Gasteiger partial charge in [-0.1, -0.05) is 28.1 Å². The molecule has 3 heterocycles. The molecule has 0 amide bonds. The Hall–Kier alpha value is -1.09. The van der Waals surface area contributed by atoms with Crippen LogP contribution in [0.25, 0.3) is 6.08 Å². The molecule has 88 valence electrons. The zero-order valence-corrected chi connectivity index (χ0v) is 11.1. The van der Waals surface area contributed by atoms with Crippen LogP contribution < -0.4 is 0 Å². The van der Waals surface area contributed by atoms with E-state index in [4.69, 9.17) is 0 Å². The summed E-state index contributed by atoms with van der Waals surface area (Å²) in [6.07, 6.45) is 4.10. The van der Waals surface area contributed by atoms with Gasteiger partial charge in [0.15, 0.2) is 5.78 Å². The zero-order valence-electron chi connectivity index (χ0n) is 9.53. The van der Waals surface area contributed by atoms with Crippen molar-refractivity contribution in [3.8, 4) is 0 Å². The van der Waals surface area contributed by atoms with Crippen molar-refractivity contribution in [2.75, 3.05) is 13.1 Å². The van der Waals surface area contributed by atoms with E-state index in [1.54, 1.807) is 0 Å². The lowest BCUT2D eigenvalue weighted by Crippen LogP contribution is -2.45. The first-order valence-corrected chi connectivity index (χ1v) is 6.80. The minimum Gasteiger partial charge on any atom is -0.369 e. The molecule has 2 nitrogen and oxygen atoms in total. The van der Waals surface area contributed by atoms with Crippen LogP contribution in [0, 0.1) is 5.92 Å². The lowest BCUT2D eigenvalue weighted by Gasteiger charge is -2.41. The van der Waals surface area contributed by atoms with Gasteiger partial charge in [0, 0.05) is 23.5 Å². The fraction of sp³-hybridized carbons (Fsp3) is 0.357. The predicted molar refractivity (Wildman–Crippen MR) is 71.4 cm³/mol. The van der Waals surface area contributed by atoms with Crippen LogP contribution in [0.5, 0.6) is 0 Å². The molecule has 4 rings (SSSR count). The second kappa shape index (κ2) is 4.30. The summed E-state index contributed by atoms with van der Waals surface area (Å²) in [5.41, 5.74) is 2.00. The van der Waals surface area contributed by atoms with Crippen molar-refractivity contribution in [2.24, 2.45) is 5.92 Å². The number of hydrogen-bond donors (Lipinski definition) is 0. The predicted octanol–water partition coefficient (Wildman–Crippen LogP) is 3.08. The molecule has 0 atom stereocenters. The van der Waals surface area contributed by atoms with Crippen molar-refractivity contribution in [2.45, 2.75) is 12.8 Å². The molecule has 0 aliphatic carbocycles. The van der Waals surface area contributed by atoms with Crippen molar-refractivity contribution in [3.05, 3.63) is 40.0 Å². The monoisotopic (exact) mass is 291 g/mol. The van der Waals surface area contributed by atoms with Gasteiger partial charge in [0.1, 0.15) is 0 Å². The van der Waals surface area contributed by atoms with Crippen LogP contribution in [-0.2, 0) is 4.79 Å². The van der Waals surface area contributed by atoms with Crippen molar-refractivity contribution < 1.29 is 4.79 Å². The maximum atomic E-state index is 12.2. The number of halogens is 1. The minimum absolute atomic E-state index is 0.276. The molecule has 0 radical (unpaired) electrons. The van der Waals surface area contributed by atoms with E-state index >= 15 is 0 Å². The van der Waals surface area contributed by atoms with Gasteiger partial charge in [-0.3, -0.25) is 4.79 Å². The third-order valence-corrected chi connectivity index (χ3v) is 4.10. The molecule has 1 aromatic carbocycles. The van der Waals surface area contributed by atoms with E-state index in [9.17, 15) is 4.79 Å². The van der Waals surface area contributed by atoms with E-state index < -0.39 is 0 Å². The lowest BCUT2D eigenvalue weighted by atomic mass is 9.84. The van der Waals surface area contributed by atoms with E-state index in [0.717, 1.165) is 41.7 Å². The maximum Gasteiger partial charge on any atom is 0.182 e. The quantitative estimate of drug-likeness (QED) is 0.741. The van der Waals surface area contributed by atoms with Crippen molar-refractivity contribution in [3.63, 3.8) is 0 Å². The molecule has 0 aromatic heterocycles. The van der Waals surface area contributed by atoms with Gasteiger partial charge in [0.05, 0.1) is 5.70 Å². The van der Waals surface area contributed by atoms with Crippen LogP contribution in [0.2, 0.25) is 0 Å². The van der Waals surface area contributed by atoms with Crippen LogP contribution in [0.4, 0.5) is 0 Å². The first-order chi connectivity index (χ1) is 8.24. The van der Waals surface area contributed by atoms with Gasteiger partial charge >= 0.3 is 0 Å². The number of rotatable bonds is 1. The number of Topliss-reactive ketones (excluding diaryl/α,β-unsaturated/α-hetero) is 1. The highest BCUT2D eigenvalue weighted by atomic mass is 79.9. The van der Waals surface area contributed by atoms with Gasteiger partial charge in [-0.25, -0.2) is 0 Å². The number of nitrogens with zero attached hydrogens (tertiary/aromatic N) is 1. The lowest BCUT2D eigenvalue weighted by molar-refractivity contribution is -0.125. The Bertz CT molecular complexity index is 487. The smallest absolute Gasteiger partial charge is 0.182 e. The summed E-state index contributed by atoms with van der Waals surface area (Å²) in [6.45, 7) is 2.08. The summed E-state index contributed by atoms with van der Waals surface area (Å²) in [4.78, 5) is 14.4. The van der Waals surface area contributed by atoms with Gasteiger partial charge in [-0.2, -0.15) is 0 Å². The van der Waals surface area contributed by atoms with E-state index in [-0.39, 0.29) is 5.92 Å². The van der Waals surface area contributed by atoms with Gasteiger partial charge in [0.2, 0.25) is 0 Å². The summed E-state index contributed by atoms with van der Waals surface area (Å²) in [5.74, 6) is 0.612. The average molecular weight is 292 g/mol. The molecule has 0 N–H and O–H groups in total. The molecule has 3 aliphatic rings. The van der Waals surface area contributed by atoms with Crippen LogP contribution >= 0.6 is 15.9 Å². The number of hydrogen-bond acceptors (Lipinski definition) is 2. The van der Waals surface area contributed by atoms with Crippen molar-refractivity contribution >= 4 is 27.8 Å². The number of carbonyl (C=O) groups is 1. The molecule has 0 spiro atoms. The van der Waals surface area contributed by atoms with Gasteiger partial charge < -0.3 is 4.90 Å². The van der Waals surface area contributed by atoms with E-state index in [2.05, 4.69) is 20.8 Å². The number of benzene rings is 1. The highest BCUT2D eigenvalue weighted by molar-refractivity contribution is 9.10. The number of carbonyl (C=O) groups excluding carboxylic acids is 1. The van der Waals surface area contributed by atoms with Crippen molar-refractivity contribution in [1.82, 2.24) is 4.90 Å². The van der Waals surface area contributed by atoms with E-state index in [1.165, 1.54) is 0 Å². The van der Waals surface area contributed by atoms with Crippen LogP contribution in [0.15, 0.2) is 34.4 Å². The first kappa shape index (κ1) is 11.0. The topological polar surface area (TPSA) is 20.3 Å². The average Bonchev–Trinajstić information content (AvgIpc) is 2.34. The Balaban J connectivity index is 1.95. The molecule has 3 heteroatoms. The minimum atomic E-state index is 0.276. The normalized spacial score (nSPS) is 22.5. The number of piperidine rings is 3. The third-order valence-electron chi connectivity index (χ3n) is 3.61. The summed E-state index contributed by atoms with van der Waals surface area (Å²) >= 11 is 3.46. The molecule has 3 saturated heterocycles. The van der Waals surface area contributed by atoms with E-state index in [1.807, 2.05) is 30.3 Å². The largest absolute Gasteiger partial charge is 0.369 e. The molecule has 3 aliphatic heterocycles. The first-order valence-electron chi connectivity index (χ1n) is 6.00. The summed E-state index contributed by atoms with van der Waals surface area (Å²) < 4.78 is 1.05. The summed E-state index contributed by atoms with van der Waals surface area (Å²) in [7, 11) is 0. The number of fused-ring (bicyclic) bond motifs is 3. The fourth-order valence-corrected chi connectivity index (χ4v) is 3.08. The van der Waals surface area contributed by atoms with Crippen LogP contribution in [-0.4, -0.2) is 23.8 Å². The second-order valence-electron chi connectivity index (χ2n) is 4.71. The van der Waals surface area contributed by atoms with E-state index in [0.29, 0.717) is 5.78 Å². The molecule has 3 fully saturated rings. The van der Waals surface area contributed by atoms with Gasteiger partial charge in [0.25, 0.3) is 0 Å². The Morgan fingerprint density at radius 2 is 2.06 bits per heavy atom. The molecule has 2 bridgehead atoms. The molecule has 17 heavy (non-hydrogen) atoms. The van der Waals surface area contributed by atoms with Gasteiger partial charge in [-0.15, -0.1) is 0 Å². The summed E-state index contributed by atoms with van der Waals surface area (Å²) in [5, 5.41) is 0. The Morgan fingerprint density at radius 3 is 2.71 bits per heavy atom. The fourth-order valence-electron chi connectivity index (χ4n) is 2.66.